The van der Waals surface area contributed by atoms with Crippen molar-refractivity contribution in [2.45, 2.75) is 13.2 Å². The number of amides is 2. The molecule has 0 aliphatic carbocycles. The number of imide groups is 1. The highest BCUT2D eigenvalue weighted by atomic mass is 35.5. The standard InChI is InChI=1S/C25H18Cl2N2O6S/c1-34-21-10-17(20(29(32)33)12-22(21)35-14-15-5-3-2-4-6-15)11-23-24(30)28(25(31)36-23)13-16-7-8-18(26)19(27)9-16/h2-12H,13-14H2,1H3/b23-11+. The van der Waals surface area contributed by atoms with Crippen LogP contribution in [-0.4, -0.2) is 28.1 Å². The van der Waals surface area contributed by atoms with Crippen LogP contribution in [0.1, 0.15) is 16.7 Å². The third kappa shape index (κ3) is 5.64. The number of thioether (sulfide) groups is 1. The summed E-state index contributed by atoms with van der Waals surface area (Å²) >= 11 is 12.7. The summed E-state index contributed by atoms with van der Waals surface area (Å²) in [5, 5.41) is 12.0. The molecule has 2 amide bonds. The Bertz CT molecular complexity index is 1380. The minimum Gasteiger partial charge on any atom is -0.493 e. The molecular weight excluding hydrogens is 527 g/mol. The lowest BCUT2D eigenvalue weighted by molar-refractivity contribution is -0.385. The van der Waals surface area contributed by atoms with Gasteiger partial charge in [0.15, 0.2) is 11.5 Å². The zero-order valence-corrected chi connectivity index (χ0v) is 21.1. The first-order valence-corrected chi connectivity index (χ1v) is 12.1. The van der Waals surface area contributed by atoms with Gasteiger partial charge in [-0.15, -0.1) is 0 Å². The van der Waals surface area contributed by atoms with Crippen LogP contribution < -0.4 is 9.47 Å². The van der Waals surface area contributed by atoms with Crippen molar-refractivity contribution >= 4 is 57.9 Å². The number of carbonyl (C=O) groups excluding carboxylic acids is 2. The lowest BCUT2D eigenvalue weighted by Gasteiger charge is -2.13. The maximum atomic E-state index is 13.0. The van der Waals surface area contributed by atoms with Crippen LogP contribution in [0.3, 0.4) is 0 Å². The summed E-state index contributed by atoms with van der Waals surface area (Å²) in [5.74, 6) is -0.149. The van der Waals surface area contributed by atoms with Gasteiger partial charge in [-0.1, -0.05) is 59.6 Å². The van der Waals surface area contributed by atoms with Crippen molar-refractivity contribution in [3.63, 3.8) is 0 Å². The molecule has 0 N–H and O–H groups in total. The molecule has 0 unspecified atom stereocenters. The van der Waals surface area contributed by atoms with Gasteiger partial charge in [-0.2, -0.15) is 0 Å². The lowest BCUT2D eigenvalue weighted by atomic mass is 10.1. The molecule has 3 aromatic rings. The van der Waals surface area contributed by atoms with Gasteiger partial charge in [-0.05, 0) is 47.2 Å². The van der Waals surface area contributed by atoms with Gasteiger partial charge < -0.3 is 9.47 Å². The predicted molar refractivity (Wildman–Crippen MR) is 138 cm³/mol. The van der Waals surface area contributed by atoms with E-state index < -0.39 is 16.1 Å². The highest BCUT2D eigenvalue weighted by Crippen LogP contribution is 2.39. The van der Waals surface area contributed by atoms with E-state index >= 15 is 0 Å². The van der Waals surface area contributed by atoms with Crippen molar-refractivity contribution in [2.24, 2.45) is 0 Å². The van der Waals surface area contributed by atoms with Crippen LogP contribution in [0.25, 0.3) is 6.08 Å². The van der Waals surface area contributed by atoms with Crippen LogP contribution in [0.15, 0.2) is 65.6 Å². The summed E-state index contributed by atoms with van der Waals surface area (Å²) in [6.45, 7) is 0.165. The van der Waals surface area contributed by atoms with Gasteiger partial charge in [0.2, 0.25) is 0 Å². The summed E-state index contributed by atoms with van der Waals surface area (Å²) in [5.41, 5.74) is 1.29. The van der Waals surface area contributed by atoms with Crippen LogP contribution in [0.2, 0.25) is 10.0 Å². The van der Waals surface area contributed by atoms with Gasteiger partial charge in [-0.3, -0.25) is 24.6 Å². The van der Waals surface area contributed by atoms with Crippen LogP contribution in [0, 0.1) is 10.1 Å². The number of nitrogens with zero attached hydrogens (tertiary/aromatic N) is 2. The molecule has 1 fully saturated rings. The van der Waals surface area contributed by atoms with E-state index in [2.05, 4.69) is 0 Å². The van der Waals surface area contributed by atoms with E-state index in [9.17, 15) is 19.7 Å². The molecule has 0 bridgehead atoms. The largest absolute Gasteiger partial charge is 0.493 e. The first-order valence-electron chi connectivity index (χ1n) is 10.5. The molecular formula is C25H18Cl2N2O6S. The van der Waals surface area contributed by atoms with Crippen LogP contribution in [-0.2, 0) is 17.9 Å². The van der Waals surface area contributed by atoms with Crippen molar-refractivity contribution in [1.82, 2.24) is 4.90 Å². The van der Waals surface area contributed by atoms with Gasteiger partial charge in [0, 0.05) is 0 Å². The monoisotopic (exact) mass is 544 g/mol. The number of ether oxygens (including phenoxy) is 2. The Morgan fingerprint density at radius 2 is 1.75 bits per heavy atom. The summed E-state index contributed by atoms with van der Waals surface area (Å²) in [6.07, 6.45) is 1.31. The molecule has 184 valence electrons. The highest BCUT2D eigenvalue weighted by Gasteiger charge is 2.36. The van der Waals surface area contributed by atoms with Crippen LogP contribution >= 0.6 is 35.0 Å². The molecule has 8 nitrogen and oxygen atoms in total. The summed E-state index contributed by atoms with van der Waals surface area (Å²) in [7, 11) is 1.41. The number of carbonyl (C=O) groups is 2. The zero-order chi connectivity index (χ0) is 25.8. The quantitative estimate of drug-likeness (QED) is 0.176. The molecule has 0 atom stereocenters. The number of nitro groups is 1. The number of rotatable bonds is 8. The maximum Gasteiger partial charge on any atom is 0.293 e. The molecule has 4 rings (SSSR count). The molecule has 0 saturated carbocycles. The van der Waals surface area contributed by atoms with E-state index in [4.69, 9.17) is 32.7 Å². The lowest BCUT2D eigenvalue weighted by Crippen LogP contribution is -2.27. The summed E-state index contributed by atoms with van der Waals surface area (Å²) in [6, 6.07) is 16.8. The van der Waals surface area contributed by atoms with Gasteiger partial charge in [-0.25, -0.2) is 0 Å². The van der Waals surface area contributed by atoms with E-state index in [0.717, 1.165) is 10.5 Å². The maximum absolute atomic E-state index is 13.0. The number of benzene rings is 3. The number of halogens is 2. The Labute approximate surface area is 220 Å². The third-order valence-electron chi connectivity index (χ3n) is 5.23. The second-order valence-electron chi connectivity index (χ2n) is 7.61. The van der Waals surface area contributed by atoms with Gasteiger partial charge >= 0.3 is 0 Å². The minimum atomic E-state index is -0.583. The van der Waals surface area contributed by atoms with E-state index in [1.54, 1.807) is 18.2 Å². The SMILES string of the molecule is COc1cc(/C=C2/SC(=O)N(Cc3ccc(Cl)c(Cl)c3)C2=O)c([N+](=O)[O-])cc1OCc1ccccc1. The van der Waals surface area contributed by atoms with E-state index in [1.807, 2.05) is 30.3 Å². The second kappa shape index (κ2) is 11.0. The van der Waals surface area contributed by atoms with Gasteiger partial charge in [0.25, 0.3) is 16.8 Å². The molecule has 0 spiro atoms. The van der Waals surface area contributed by atoms with Gasteiger partial charge in [0.1, 0.15) is 6.61 Å². The molecule has 1 heterocycles. The van der Waals surface area contributed by atoms with E-state index in [1.165, 1.54) is 25.3 Å². The fourth-order valence-electron chi connectivity index (χ4n) is 3.44. The molecule has 1 saturated heterocycles. The minimum absolute atomic E-state index is 0.0173. The molecule has 11 heteroatoms. The van der Waals surface area contributed by atoms with Crippen LogP contribution in [0.5, 0.6) is 11.5 Å². The van der Waals surface area contributed by atoms with Crippen LogP contribution in [0.4, 0.5) is 10.5 Å². The Kier molecular flexibility index (Phi) is 7.83. The van der Waals surface area contributed by atoms with E-state index in [0.29, 0.717) is 27.4 Å². The van der Waals surface area contributed by atoms with E-state index in [-0.39, 0.29) is 40.8 Å². The smallest absolute Gasteiger partial charge is 0.293 e. The third-order valence-corrected chi connectivity index (χ3v) is 6.88. The topological polar surface area (TPSA) is 99.0 Å². The van der Waals surface area contributed by atoms with Crippen molar-refractivity contribution in [2.75, 3.05) is 7.11 Å². The Hall–Kier alpha value is -3.53. The van der Waals surface area contributed by atoms with Crippen molar-refractivity contribution < 1.29 is 24.0 Å². The fraction of sp³-hybridized carbons (Fsp3) is 0.120. The average molecular weight is 545 g/mol. The van der Waals surface area contributed by atoms with Crippen molar-refractivity contribution in [3.8, 4) is 11.5 Å². The zero-order valence-electron chi connectivity index (χ0n) is 18.8. The molecule has 1 aliphatic heterocycles. The fourth-order valence-corrected chi connectivity index (χ4v) is 4.59. The predicted octanol–water partition coefficient (Wildman–Crippen LogP) is 6.73. The summed E-state index contributed by atoms with van der Waals surface area (Å²) in [4.78, 5) is 37.8. The van der Waals surface area contributed by atoms with Crippen molar-refractivity contribution in [1.29, 1.82) is 0 Å². The molecule has 3 aromatic carbocycles. The number of hydrogen-bond donors (Lipinski definition) is 0. The Morgan fingerprint density at radius 3 is 2.42 bits per heavy atom. The molecule has 0 aromatic heterocycles. The normalized spacial score (nSPS) is 14.4. The molecule has 36 heavy (non-hydrogen) atoms. The Balaban J connectivity index is 1.61. The Morgan fingerprint density at radius 1 is 1.00 bits per heavy atom. The molecule has 1 aliphatic rings. The highest BCUT2D eigenvalue weighted by molar-refractivity contribution is 8.18. The number of hydrogen-bond acceptors (Lipinski definition) is 7. The first kappa shape index (κ1) is 25.6. The molecule has 0 radical (unpaired) electrons. The number of methoxy groups -OCH3 is 1. The second-order valence-corrected chi connectivity index (χ2v) is 9.42. The summed E-state index contributed by atoms with van der Waals surface area (Å²) < 4.78 is 11.1. The first-order chi connectivity index (χ1) is 17.3. The van der Waals surface area contributed by atoms with Crippen molar-refractivity contribution in [3.05, 3.63) is 102 Å². The number of nitro benzene ring substituents is 1. The average Bonchev–Trinajstić information content (AvgIpc) is 3.12. The van der Waals surface area contributed by atoms with Gasteiger partial charge in [0.05, 0.1) is 45.2 Å².